The highest BCUT2D eigenvalue weighted by molar-refractivity contribution is 7.91. The fraction of sp³-hybridized carbons (Fsp3) is 0.500. The molecule has 2 rings (SSSR count). The van der Waals surface area contributed by atoms with Crippen molar-refractivity contribution < 1.29 is 37.1 Å². The van der Waals surface area contributed by atoms with Crippen LogP contribution in [0.2, 0.25) is 0 Å². The van der Waals surface area contributed by atoms with E-state index >= 15 is 0 Å². The van der Waals surface area contributed by atoms with E-state index in [1.165, 1.54) is 24.3 Å². The van der Waals surface area contributed by atoms with E-state index in [9.17, 15) is 23.3 Å². The van der Waals surface area contributed by atoms with Gasteiger partial charge in [-0.2, -0.15) is 0 Å². The normalized spacial score (nSPS) is 18.9. The lowest BCUT2D eigenvalue weighted by molar-refractivity contribution is -0.384. The summed E-state index contributed by atoms with van der Waals surface area (Å²) in [6.45, 7) is -0.0745. The predicted molar refractivity (Wildman–Crippen MR) is 84.3 cm³/mol. The van der Waals surface area contributed by atoms with Crippen LogP contribution in [0, 0.1) is 10.1 Å². The van der Waals surface area contributed by atoms with Crippen molar-refractivity contribution in [3.8, 4) is 5.75 Å². The number of rotatable bonds is 3. The number of hydrogen-bond donors (Lipinski definition) is 0. The SMILES string of the molecule is O=C(Oc1ccc([N+](=O)[O-])cc1)OC1COCCS(=O)(=O)CCOC1. The van der Waals surface area contributed by atoms with Gasteiger partial charge in [0, 0.05) is 12.1 Å². The summed E-state index contributed by atoms with van der Waals surface area (Å²) in [5.41, 5.74) is -0.134. The Bertz CT molecular complexity index is 684. The van der Waals surface area contributed by atoms with Gasteiger partial charge < -0.3 is 18.9 Å². The van der Waals surface area contributed by atoms with Gasteiger partial charge in [0.05, 0.1) is 42.9 Å². The summed E-state index contributed by atoms with van der Waals surface area (Å²) in [4.78, 5) is 21.8. The van der Waals surface area contributed by atoms with Gasteiger partial charge in [0.2, 0.25) is 0 Å². The van der Waals surface area contributed by atoms with Crippen molar-refractivity contribution in [3.05, 3.63) is 34.4 Å². The van der Waals surface area contributed by atoms with Crippen molar-refractivity contribution in [2.24, 2.45) is 0 Å². The molecule has 11 heteroatoms. The van der Waals surface area contributed by atoms with Crippen LogP contribution in [-0.4, -0.2) is 63.5 Å². The molecule has 25 heavy (non-hydrogen) atoms. The van der Waals surface area contributed by atoms with Gasteiger partial charge in [-0.05, 0) is 12.1 Å². The van der Waals surface area contributed by atoms with E-state index in [4.69, 9.17) is 18.9 Å². The highest BCUT2D eigenvalue weighted by Gasteiger charge is 2.20. The molecule has 0 aromatic heterocycles. The van der Waals surface area contributed by atoms with Crippen molar-refractivity contribution >= 4 is 21.7 Å². The molecule has 1 aliphatic rings. The Morgan fingerprint density at radius 2 is 1.68 bits per heavy atom. The van der Waals surface area contributed by atoms with Crippen LogP contribution in [0.5, 0.6) is 5.75 Å². The van der Waals surface area contributed by atoms with Gasteiger partial charge in [-0.15, -0.1) is 0 Å². The molecule has 0 bridgehead atoms. The number of nitrogens with zero attached hydrogens (tertiary/aromatic N) is 1. The maximum absolute atomic E-state index is 11.8. The zero-order valence-corrected chi connectivity index (χ0v) is 14.0. The first-order valence-corrected chi connectivity index (χ1v) is 9.17. The van der Waals surface area contributed by atoms with Crippen LogP contribution in [0.1, 0.15) is 0 Å². The van der Waals surface area contributed by atoms with E-state index in [1.807, 2.05) is 0 Å². The third-order valence-electron chi connectivity index (χ3n) is 3.20. The first-order valence-electron chi connectivity index (χ1n) is 7.34. The first kappa shape index (κ1) is 19.1. The fourth-order valence-electron chi connectivity index (χ4n) is 1.91. The summed E-state index contributed by atoms with van der Waals surface area (Å²) >= 11 is 0. The van der Waals surface area contributed by atoms with Crippen LogP contribution in [0.15, 0.2) is 24.3 Å². The van der Waals surface area contributed by atoms with Gasteiger partial charge in [-0.1, -0.05) is 0 Å². The highest BCUT2D eigenvalue weighted by Crippen LogP contribution is 2.18. The Morgan fingerprint density at radius 1 is 1.12 bits per heavy atom. The molecular weight excluding hydrogens is 358 g/mol. The topological polar surface area (TPSA) is 131 Å². The van der Waals surface area contributed by atoms with Gasteiger partial charge in [0.25, 0.3) is 5.69 Å². The van der Waals surface area contributed by atoms with E-state index < -0.39 is 27.0 Å². The summed E-state index contributed by atoms with van der Waals surface area (Å²) in [6.07, 6.45) is -1.78. The molecule has 0 radical (unpaired) electrons. The van der Waals surface area contributed by atoms with Crippen LogP contribution >= 0.6 is 0 Å². The second-order valence-corrected chi connectivity index (χ2v) is 7.45. The van der Waals surface area contributed by atoms with Crippen LogP contribution in [0.3, 0.4) is 0 Å². The average molecular weight is 375 g/mol. The third-order valence-corrected chi connectivity index (χ3v) is 4.77. The van der Waals surface area contributed by atoms with Crippen LogP contribution in [0.25, 0.3) is 0 Å². The predicted octanol–water partition coefficient (Wildman–Crippen LogP) is 0.940. The molecule has 0 spiro atoms. The number of nitro benzene ring substituents is 1. The van der Waals surface area contributed by atoms with Gasteiger partial charge in [0.15, 0.2) is 15.9 Å². The minimum absolute atomic E-state index is 0.000403. The second kappa shape index (κ2) is 8.74. The molecule has 1 aliphatic heterocycles. The lowest BCUT2D eigenvalue weighted by Gasteiger charge is -2.19. The Kier molecular flexibility index (Phi) is 6.67. The number of nitro groups is 1. The number of non-ortho nitro benzene ring substituents is 1. The molecule has 1 aromatic rings. The zero-order valence-electron chi connectivity index (χ0n) is 13.2. The van der Waals surface area contributed by atoms with E-state index in [0.717, 1.165) is 0 Å². The molecule has 0 N–H and O–H groups in total. The maximum Gasteiger partial charge on any atom is 0.514 e. The van der Waals surface area contributed by atoms with Gasteiger partial charge in [-0.3, -0.25) is 10.1 Å². The van der Waals surface area contributed by atoms with Gasteiger partial charge >= 0.3 is 6.16 Å². The van der Waals surface area contributed by atoms with E-state index in [-0.39, 0.29) is 49.4 Å². The van der Waals surface area contributed by atoms with Crippen LogP contribution < -0.4 is 4.74 Å². The van der Waals surface area contributed by atoms with E-state index in [0.29, 0.717) is 0 Å². The maximum atomic E-state index is 11.8. The Labute approximate surface area is 143 Å². The van der Waals surface area contributed by atoms with Gasteiger partial charge in [0.1, 0.15) is 5.75 Å². The zero-order chi connectivity index (χ0) is 18.3. The molecule has 1 fully saturated rings. The minimum atomic E-state index is -3.20. The molecule has 10 nitrogen and oxygen atoms in total. The summed E-state index contributed by atoms with van der Waals surface area (Å²) in [5, 5.41) is 10.6. The van der Waals surface area contributed by atoms with E-state index in [2.05, 4.69) is 0 Å². The van der Waals surface area contributed by atoms with Crippen LogP contribution in [-0.2, 0) is 24.0 Å². The fourth-order valence-corrected chi connectivity index (χ4v) is 2.86. The van der Waals surface area contributed by atoms with Crippen molar-refractivity contribution in [2.75, 3.05) is 37.9 Å². The van der Waals surface area contributed by atoms with Crippen LogP contribution in [0.4, 0.5) is 10.5 Å². The lowest BCUT2D eigenvalue weighted by atomic mass is 10.3. The summed E-state index contributed by atoms with van der Waals surface area (Å²) < 4.78 is 43.4. The number of carbonyl (C=O) groups is 1. The number of hydrogen-bond acceptors (Lipinski definition) is 9. The molecular formula is C14H17NO9S. The average Bonchev–Trinajstić information content (AvgIpc) is 2.55. The largest absolute Gasteiger partial charge is 0.514 e. The van der Waals surface area contributed by atoms with Gasteiger partial charge in [-0.25, -0.2) is 13.2 Å². The summed E-state index contributed by atoms with van der Waals surface area (Å²) in [5.74, 6) is -0.171. The Morgan fingerprint density at radius 3 is 2.20 bits per heavy atom. The minimum Gasteiger partial charge on any atom is -0.426 e. The molecule has 0 unspecified atom stereocenters. The number of ether oxygens (including phenoxy) is 4. The molecule has 0 aliphatic carbocycles. The molecule has 1 heterocycles. The highest BCUT2D eigenvalue weighted by atomic mass is 32.2. The van der Waals surface area contributed by atoms with Crippen molar-refractivity contribution in [3.63, 3.8) is 0 Å². The van der Waals surface area contributed by atoms with Crippen molar-refractivity contribution in [1.29, 1.82) is 0 Å². The Balaban J connectivity index is 1.85. The third kappa shape index (κ3) is 6.64. The van der Waals surface area contributed by atoms with E-state index in [1.54, 1.807) is 0 Å². The molecule has 0 atom stereocenters. The summed E-state index contributed by atoms with van der Waals surface area (Å²) in [7, 11) is -3.20. The first-order chi connectivity index (χ1) is 11.9. The second-order valence-electron chi connectivity index (χ2n) is 5.14. The Hall–Kier alpha value is -2.24. The smallest absolute Gasteiger partial charge is 0.426 e. The molecule has 0 saturated carbocycles. The molecule has 0 amide bonds. The number of sulfone groups is 1. The quantitative estimate of drug-likeness (QED) is 0.328. The molecule has 138 valence electrons. The summed E-state index contributed by atoms with van der Waals surface area (Å²) in [6, 6.07) is 4.92. The van der Waals surface area contributed by atoms with Crippen molar-refractivity contribution in [2.45, 2.75) is 6.10 Å². The lowest BCUT2D eigenvalue weighted by Crippen LogP contribution is -2.33. The molecule has 1 saturated heterocycles. The monoisotopic (exact) mass is 375 g/mol. The van der Waals surface area contributed by atoms with Crippen molar-refractivity contribution in [1.82, 2.24) is 0 Å². The standard InChI is InChI=1S/C14H17NO9S/c16-14(23-12-3-1-11(2-4-12)15(17)18)24-13-9-21-5-7-25(19,20)8-6-22-10-13/h1-4,13H,5-10H2. The number of carbonyl (C=O) groups excluding carboxylic acids is 1. The number of benzene rings is 1. The molecule has 1 aromatic carbocycles.